The van der Waals surface area contributed by atoms with Gasteiger partial charge in [-0.25, -0.2) is 0 Å². The predicted molar refractivity (Wildman–Crippen MR) is 68.6 cm³/mol. The van der Waals surface area contributed by atoms with Gasteiger partial charge in [0.25, 0.3) is 0 Å². The van der Waals surface area contributed by atoms with E-state index >= 15 is 0 Å². The van der Waals surface area contributed by atoms with Gasteiger partial charge >= 0.3 is 0 Å². The van der Waals surface area contributed by atoms with Crippen LogP contribution in [0.15, 0.2) is 24.3 Å². The average Bonchev–Trinajstić information content (AvgIpc) is 2.27. The quantitative estimate of drug-likeness (QED) is 0.797. The van der Waals surface area contributed by atoms with Crippen molar-refractivity contribution in [1.82, 2.24) is 5.32 Å². The zero-order valence-corrected chi connectivity index (χ0v) is 10.8. The van der Waals surface area contributed by atoms with Crippen LogP contribution in [0.1, 0.15) is 31.0 Å². The fourth-order valence-electron chi connectivity index (χ4n) is 1.90. The number of hydrogen-bond donors (Lipinski definition) is 1. The normalized spacial score (nSPS) is 14.8. The minimum absolute atomic E-state index is 0.403. The van der Waals surface area contributed by atoms with E-state index in [9.17, 15) is 0 Å². The Morgan fingerprint density at radius 1 is 1.25 bits per heavy atom. The molecule has 2 nitrogen and oxygen atoms in total. The third-order valence-electron chi connectivity index (χ3n) is 2.88. The number of methoxy groups -OCH3 is 1. The van der Waals surface area contributed by atoms with Crippen LogP contribution in [0, 0.1) is 12.8 Å². The van der Waals surface area contributed by atoms with Crippen LogP contribution in [0.5, 0.6) is 0 Å². The standard InChI is InChI=1S/C14H23NO/c1-11(10-16-4)9-15-13(3)14-8-6-5-7-12(14)2/h5-8,11,13,15H,9-10H2,1-4H3/t11?,13-/m1/s1. The van der Waals surface area contributed by atoms with Crippen molar-refractivity contribution in [1.29, 1.82) is 0 Å². The molecule has 0 heterocycles. The van der Waals surface area contributed by atoms with Gasteiger partial charge in [0.05, 0.1) is 0 Å². The molecular weight excluding hydrogens is 198 g/mol. The summed E-state index contributed by atoms with van der Waals surface area (Å²) in [4.78, 5) is 0. The van der Waals surface area contributed by atoms with Crippen LogP contribution in [-0.2, 0) is 4.74 Å². The summed E-state index contributed by atoms with van der Waals surface area (Å²) >= 11 is 0. The van der Waals surface area contributed by atoms with Crippen LogP contribution in [0.25, 0.3) is 0 Å². The summed E-state index contributed by atoms with van der Waals surface area (Å²) in [5.41, 5.74) is 2.73. The van der Waals surface area contributed by atoms with E-state index in [0.717, 1.165) is 13.2 Å². The van der Waals surface area contributed by atoms with Crippen molar-refractivity contribution in [3.8, 4) is 0 Å². The molecule has 1 rings (SSSR count). The molecule has 0 spiro atoms. The smallest absolute Gasteiger partial charge is 0.0499 e. The summed E-state index contributed by atoms with van der Waals surface area (Å²) < 4.78 is 5.13. The lowest BCUT2D eigenvalue weighted by atomic mass is 10.0. The molecule has 0 saturated heterocycles. The largest absolute Gasteiger partial charge is 0.384 e. The highest BCUT2D eigenvalue weighted by atomic mass is 16.5. The van der Waals surface area contributed by atoms with Crippen molar-refractivity contribution in [3.63, 3.8) is 0 Å². The van der Waals surface area contributed by atoms with E-state index in [4.69, 9.17) is 4.74 Å². The summed E-state index contributed by atoms with van der Waals surface area (Å²) in [6, 6.07) is 8.93. The maximum atomic E-state index is 5.13. The second-order valence-corrected chi connectivity index (χ2v) is 4.55. The van der Waals surface area contributed by atoms with Gasteiger partial charge in [0.2, 0.25) is 0 Å². The Labute approximate surface area is 99.0 Å². The van der Waals surface area contributed by atoms with Crippen molar-refractivity contribution in [3.05, 3.63) is 35.4 Å². The highest BCUT2D eigenvalue weighted by Gasteiger charge is 2.08. The fourth-order valence-corrected chi connectivity index (χ4v) is 1.90. The molecule has 0 radical (unpaired) electrons. The second-order valence-electron chi connectivity index (χ2n) is 4.55. The highest BCUT2D eigenvalue weighted by Crippen LogP contribution is 2.16. The van der Waals surface area contributed by atoms with Crippen LogP contribution in [-0.4, -0.2) is 20.3 Å². The molecule has 0 saturated carbocycles. The molecule has 0 aromatic heterocycles. The van der Waals surface area contributed by atoms with Crippen molar-refractivity contribution < 1.29 is 4.74 Å². The fraction of sp³-hybridized carbons (Fsp3) is 0.571. The van der Waals surface area contributed by atoms with E-state index in [1.165, 1.54) is 11.1 Å². The molecule has 1 aromatic rings. The van der Waals surface area contributed by atoms with Gasteiger partial charge in [0.15, 0.2) is 0 Å². The molecule has 0 aliphatic heterocycles. The van der Waals surface area contributed by atoms with Crippen molar-refractivity contribution in [2.45, 2.75) is 26.8 Å². The van der Waals surface area contributed by atoms with E-state index in [-0.39, 0.29) is 0 Å². The van der Waals surface area contributed by atoms with Gasteiger partial charge in [0, 0.05) is 26.3 Å². The number of ether oxygens (including phenoxy) is 1. The molecule has 16 heavy (non-hydrogen) atoms. The Balaban J connectivity index is 2.46. The van der Waals surface area contributed by atoms with Gasteiger partial charge < -0.3 is 10.1 Å². The molecule has 1 aromatic carbocycles. The van der Waals surface area contributed by atoms with Gasteiger partial charge in [-0.05, 0) is 30.9 Å². The maximum Gasteiger partial charge on any atom is 0.0499 e. The molecule has 0 bridgehead atoms. The van der Waals surface area contributed by atoms with E-state index in [0.29, 0.717) is 12.0 Å². The first-order valence-corrected chi connectivity index (χ1v) is 5.93. The molecule has 0 fully saturated rings. The Morgan fingerprint density at radius 3 is 2.56 bits per heavy atom. The average molecular weight is 221 g/mol. The van der Waals surface area contributed by atoms with Gasteiger partial charge in [-0.2, -0.15) is 0 Å². The predicted octanol–water partition coefficient (Wildman–Crippen LogP) is 2.93. The zero-order chi connectivity index (χ0) is 12.0. The first kappa shape index (κ1) is 13.2. The number of benzene rings is 1. The summed E-state index contributed by atoms with van der Waals surface area (Å²) in [7, 11) is 1.75. The lowest BCUT2D eigenvalue weighted by Crippen LogP contribution is -2.26. The van der Waals surface area contributed by atoms with Crippen LogP contribution in [0.4, 0.5) is 0 Å². The molecule has 1 unspecified atom stereocenters. The van der Waals surface area contributed by atoms with Gasteiger partial charge in [-0.1, -0.05) is 31.2 Å². The second kappa shape index (κ2) is 6.66. The first-order valence-electron chi connectivity index (χ1n) is 5.93. The summed E-state index contributed by atoms with van der Waals surface area (Å²) in [5, 5.41) is 3.54. The van der Waals surface area contributed by atoms with Crippen molar-refractivity contribution >= 4 is 0 Å². The Morgan fingerprint density at radius 2 is 1.94 bits per heavy atom. The molecule has 0 aliphatic carbocycles. The number of hydrogen-bond acceptors (Lipinski definition) is 2. The molecule has 90 valence electrons. The molecule has 2 heteroatoms. The van der Waals surface area contributed by atoms with Gasteiger partial charge in [0.1, 0.15) is 0 Å². The third-order valence-corrected chi connectivity index (χ3v) is 2.88. The van der Waals surface area contributed by atoms with E-state index < -0.39 is 0 Å². The van der Waals surface area contributed by atoms with Crippen molar-refractivity contribution in [2.75, 3.05) is 20.3 Å². The van der Waals surface area contributed by atoms with Crippen LogP contribution >= 0.6 is 0 Å². The summed E-state index contributed by atoms with van der Waals surface area (Å²) in [6.07, 6.45) is 0. The zero-order valence-electron chi connectivity index (χ0n) is 10.8. The topological polar surface area (TPSA) is 21.3 Å². The third kappa shape index (κ3) is 3.95. The summed E-state index contributed by atoms with van der Waals surface area (Å²) in [6.45, 7) is 8.37. The molecule has 2 atom stereocenters. The van der Waals surface area contributed by atoms with Crippen molar-refractivity contribution in [2.24, 2.45) is 5.92 Å². The molecule has 0 amide bonds. The van der Waals surface area contributed by atoms with E-state index in [1.54, 1.807) is 7.11 Å². The molecular formula is C14H23NO. The first-order chi connectivity index (χ1) is 7.65. The lowest BCUT2D eigenvalue weighted by molar-refractivity contribution is 0.157. The lowest BCUT2D eigenvalue weighted by Gasteiger charge is -2.19. The number of nitrogens with one attached hydrogen (secondary N) is 1. The van der Waals surface area contributed by atoms with E-state index in [2.05, 4.69) is 50.4 Å². The summed E-state index contributed by atoms with van der Waals surface area (Å²) in [5.74, 6) is 0.552. The maximum absolute atomic E-state index is 5.13. The Kier molecular flexibility index (Phi) is 5.50. The Bertz CT molecular complexity index is 311. The number of aryl methyl sites for hydroxylation is 1. The highest BCUT2D eigenvalue weighted by molar-refractivity contribution is 5.28. The van der Waals surface area contributed by atoms with E-state index in [1.807, 2.05) is 0 Å². The van der Waals surface area contributed by atoms with Crippen LogP contribution < -0.4 is 5.32 Å². The van der Waals surface area contributed by atoms with Gasteiger partial charge in [-0.3, -0.25) is 0 Å². The minimum atomic E-state index is 0.403. The monoisotopic (exact) mass is 221 g/mol. The number of rotatable bonds is 6. The van der Waals surface area contributed by atoms with Crippen LogP contribution in [0.3, 0.4) is 0 Å². The molecule has 1 N–H and O–H groups in total. The molecule has 0 aliphatic rings. The Hall–Kier alpha value is -0.860. The SMILES string of the molecule is COCC(C)CN[C@H](C)c1ccccc1C. The minimum Gasteiger partial charge on any atom is -0.384 e. The van der Waals surface area contributed by atoms with Gasteiger partial charge in [-0.15, -0.1) is 0 Å². The van der Waals surface area contributed by atoms with Crippen LogP contribution in [0.2, 0.25) is 0 Å².